The summed E-state index contributed by atoms with van der Waals surface area (Å²) in [5, 5.41) is 15.3. The summed E-state index contributed by atoms with van der Waals surface area (Å²) in [5.74, 6) is -0.966. The number of nitrogens with one attached hydrogen (secondary N) is 2. The minimum absolute atomic E-state index is 0.0159. The van der Waals surface area contributed by atoms with Gasteiger partial charge in [0.2, 0.25) is 12.2 Å². The maximum Gasteiger partial charge on any atom is 0.407 e. The van der Waals surface area contributed by atoms with Crippen LogP contribution in [0.5, 0.6) is 0 Å². The number of rotatable bonds is 14. The predicted molar refractivity (Wildman–Crippen MR) is 125 cm³/mol. The van der Waals surface area contributed by atoms with Crippen LogP contribution in [0.4, 0.5) is 4.79 Å². The summed E-state index contributed by atoms with van der Waals surface area (Å²) in [6.45, 7) is 6.72. The van der Waals surface area contributed by atoms with Gasteiger partial charge in [0.05, 0.1) is 6.61 Å². The molecule has 1 aromatic rings. The van der Waals surface area contributed by atoms with Crippen LogP contribution in [-0.4, -0.2) is 47.7 Å². The summed E-state index contributed by atoms with van der Waals surface area (Å²) in [7, 11) is 0. The highest BCUT2D eigenvalue weighted by atomic mass is 16.6. The lowest BCUT2D eigenvalue weighted by Gasteiger charge is -2.35. The number of aliphatic hydroxyl groups is 1. The zero-order valence-corrected chi connectivity index (χ0v) is 19.9. The Labute approximate surface area is 192 Å². The van der Waals surface area contributed by atoms with Crippen LogP contribution in [0, 0.1) is 5.92 Å². The largest absolute Gasteiger partial charge is 0.444 e. The molecule has 0 fully saturated rings. The molecule has 179 valence electrons. The van der Waals surface area contributed by atoms with E-state index < -0.39 is 23.2 Å². The van der Waals surface area contributed by atoms with Crippen LogP contribution in [0.2, 0.25) is 0 Å². The van der Waals surface area contributed by atoms with Gasteiger partial charge in [-0.1, -0.05) is 50.1 Å². The van der Waals surface area contributed by atoms with Crippen LogP contribution in [0.3, 0.4) is 0 Å². The summed E-state index contributed by atoms with van der Waals surface area (Å²) < 4.78 is 5.21. The van der Waals surface area contributed by atoms with Gasteiger partial charge in [0.1, 0.15) is 11.1 Å². The molecule has 32 heavy (non-hydrogen) atoms. The van der Waals surface area contributed by atoms with Crippen LogP contribution in [-0.2, 0) is 20.7 Å². The van der Waals surface area contributed by atoms with E-state index in [1.54, 1.807) is 20.8 Å². The van der Waals surface area contributed by atoms with Crippen molar-refractivity contribution in [1.82, 2.24) is 10.6 Å². The highest BCUT2D eigenvalue weighted by molar-refractivity contribution is 5.82. The van der Waals surface area contributed by atoms with E-state index in [0.29, 0.717) is 25.7 Å². The Morgan fingerprint density at radius 3 is 2.38 bits per heavy atom. The lowest BCUT2D eigenvalue weighted by molar-refractivity contribution is -0.123. The molecule has 2 atom stereocenters. The van der Waals surface area contributed by atoms with Gasteiger partial charge in [-0.15, -0.1) is 0 Å². The Kier molecular flexibility index (Phi) is 12.0. The normalized spacial score (nSPS) is 14.2. The molecular formula is C25H39N2O5. The summed E-state index contributed by atoms with van der Waals surface area (Å²) in [4.78, 5) is 36.5. The van der Waals surface area contributed by atoms with E-state index in [4.69, 9.17) is 4.74 Å². The van der Waals surface area contributed by atoms with Crippen molar-refractivity contribution >= 4 is 18.3 Å². The monoisotopic (exact) mass is 447 g/mol. The Morgan fingerprint density at radius 2 is 1.81 bits per heavy atom. The van der Waals surface area contributed by atoms with E-state index >= 15 is 0 Å². The minimum atomic E-state index is -1.36. The quantitative estimate of drug-likeness (QED) is 0.377. The van der Waals surface area contributed by atoms with Gasteiger partial charge in [-0.2, -0.15) is 0 Å². The van der Waals surface area contributed by atoms with Gasteiger partial charge in [0.15, 0.2) is 0 Å². The molecule has 7 heteroatoms. The lowest BCUT2D eigenvalue weighted by Crippen LogP contribution is -2.59. The number of carbonyl (C=O) groups excluding carboxylic acids is 3. The molecule has 2 amide bonds. The zero-order chi connectivity index (χ0) is 24.0. The van der Waals surface area contributed by atoms with Crippen LogP contribution in [0.1, 0.15) is 71.8 Å². The van der Waals surface area contributed by atoms with Gasteiger partial charge >= 0.3 is 6.09 Å². The van der Waals surface area contributed by atoms with Gasteiger partial charge in [0, 0.05) is 18.9 Å². The number of carbonyl (C=O) groups is 2. The van der Waals surface area contributed by atoms with Crippen LogP contribution >= 0.6 is 0 Å². The van der Waals surface area contributed by atoms with Crippen molar-refractivity contribution in [3.8, 4) is 0 Å². The van der Waals surface area contributed by atoms with Crippen LogP contribution in [0.25, 0.3) is 0 Å². The average molecular weight is 448 g/mol. The van der Waals surface area contributed by atoms with Gasteiger partial charge in [-0.05, 0) is 52.0 Å². The fourth-order valence-electron chi connectivity index (χ4n) is 3.59. The number of hydrogen-bond acceptors (Lipinski definition) is 5. The third-order valence-corrected chi connectivity index (χ3v) is 5.21. The third-order valence-electron chi connectivity index (χ3n) is 5.21. The molecule has 7 nitrogen and oxygen atoms in total. The molecule has 3 N–H and O–H groups in total. The van der Waals surface area contributed by atoms with Crippen molar-refractivity contribution in [2.75, 3.05) is 13.2 Å². The second-order valence-corrected chi connectivity index (χ2v) is 9.18. The summed E-state index contributed by atoms with van der Waals surface area (Å²) in [6.07, 6.45) is 6.09. The minimum Gasteiger partial charge on any atom is -0.444 e. The Balaban J connectivity index is 2.60. The van der Waals surface area contributed by atoms with Gasteiger partial charge in [0.25, 0.3) is 0 Å². The molecule has 0 aliphatic heterocycles. The van der Waals surface area contributed by atoms with Crippen molar-refractivity contribution in [1.29, 1.82) is 0 Å². The number of aryl methyl sites for hydroxylation is 1. The molecule has 0 bridgehead atoms. The van der Waals surface area contributed by atoms with Crippen LogP contribution in [0.15, 0.2) is 30.3 Å². The Morgan fingerprint density at radius 1 is 1.12 bits per heavy atom. The molecule has 1 radical (unpaired) electrons. The number of benzene rings is 1. The molecule has 0 aliphatic carbocycles. The summed E-state index contributed by atoms with van der Waals surface area (Å²) in [5.41, 5.74) is -0.748. The molecular weight excluding hydrogens is 408 g/mol. The molecule has 1 rings (SSSR count). The first-order valence-electron chi connectivity index (χ1n) is 11.5. The molecule has 0 saturated carbocycles. The van der Waals surface area contributed by atoms with E-state index in [2.05, 4.69) is 22.8 Å². The van der Waals surface area contributed by atoms with E-state index in [0.717, 1.165) is 19.3 Å². The summed E-state index contributed by atoms with van der Waals surface area (Å²) >= 11 is 0. The Bertz CT molecular complexity index is 702. The molecule has 0 unspecified atom stereocenters. The van der Waals surface area contributed by atoms with Crippen molar-refractivity contribution in [3.63, 3.8) is 0 Å². The average Bonchev–Trinajstić information content (AvgIpc) is 2.73. The highest BCUT2D eigenvalue weighted by Gasteiger charge is 2.40. The first kappa shape index (κ1) is 27.6. The second-order valence-electron chi connectivity index (χ2n) is 9.18. The number of alkyl carbamates (subject to hydrolysis) is 1. The number of ether oxygens (including phenoxy) is 1. The Hall–Kier alpha value is -2.41. The van der Waals surface area contributed by atoms with Crippen molar-refractivity contribution < 1.29 is 24.2 Å². The SMILES string of the molecule is CCC[C@@]([C]=O)(NC(=O)CCCCCc1ccccc1)[C@H](CO)CNC(=O)OC(C)(C)C. The van der Waals surface area contributed by atoms with E-state index in [1.807, 2.05) is 31.4 Å². The third kappa shape index (κ3) is 10.3. The molecule has 0 saturated heterocycles. The summed E-state index contributed by atoms with van der Waals surface area (Å²) in [6, 6.07) is 10.2. The smallest absolute Gasteiger partial charge is 0.407 e. The number of unbranched alkanes of at least 4 members (excludes halogenated alkanes) is 2. The maximum atomic E-state index is 12.6. The zero-order valence-electron chi connectivity index (χ0n) is 19.9. The topological polar surface area (TPSA) is 105 Å². The number of amides is 2. The number of aliphatic hydroxyl groups excluding tert-OH is 1. The van der Waals surface area contributed by atoms with Crippen molar-refractivity contribution in [3.05, 3.63) is 35.9 Å². The van der Waals surface area contributed by atoms with Gasteiger partial charge in [-0.25, -0.2) is 4.79 Å². The number of hydrogen-bond donors (Lipinski definition) is 3. The van der Waals surface area contributed by atoms with E-state index in [9.17, 15) is 19.5 Å². The maximum absolute atomic E-state index is 12.6. The second kappa shape index (κ2) is 13.9. The van der Waals surface area contributed by atoms with Crippen LogP contribution < -0.4 is 10.6 Å². The van der Waals surface area contributed by atoms with Gasteiger partial charge in [-0.3, -0.25) is 9.59 Å². The molecule has 0 aliphatic rings. The van der Waals surface area contributed by atoms with Crippen molar-refractivity contribution in [2.24, 2.45) is 5.92 Å². The molecule has 0 heterocycles. The first-order chi connectivity index (χ1) is 15.2. The fourth-order valence-corrected chi connectivity index (χ4v) is 3.59. The van der Waals surface area contributed by atoms with Crippen molar-refractivity contribution in [2.45, 2.75) is 83.8 Å². The molecule has 0 aromatic heterocycles. The molecule has 1 aromatic carbocycles. The molecule has 0 spiro atoms. The first-order valence-corrected chi connectivity index (χ1v) is 11.5. The highest BCUT2D eigenvalue weighted by Crippen LogP contribution is 2.22. The predicted octanol–water partition coefficient (Wildman–Crippen LogP) is 3.69. The lowest BCUT2D eigenvalue weighted by atomic mass is 9.81. The fraction of sp³-hybridized carbons (Fsp3) is 0.640. The van der Waals surface area contributed by atoms with E-state index in [1.165, 1.54) is 5.56 Å². The van der Waals surface area contributed by atoms with Gasteiger partial charge < -0.3 is 20.5 Å². The standard InChI is InChI=1S/C25H39N2O5/c1-5-16-25(19-29,21(18-28)17-26-23(31)32-24(2,3)4)27-22(30)15-11-7-10-14-20-12-8-6-9-13-20/h6,8-9,12-13,21,28H,5,7,10-11,14-18H2,1-4H3,(H,26,31)(H,27,30)/t21-,25-/m0/s1. The van der Waals surface area contributed by atoms with E-state index in [-0.39, 0.29) is 19.1 Å².